The van der Waals surface area contributed by atoms with Crippen molar-refractivity contribution in [1.82, 2.24) is 9.97 Å². The third-order valence-electron chi connectivity index (χ3n) is 4.55. The van der Waals surface area contributed by atoms with E-state index >= 15 is 0 Å². The quantitative estimate of drug-likeness (QED) is 0.465. The van der Waals surface area contributed by atoms with Gasteiger partial charge in [0.2, 0.25) is 0 Å². The van der Waals surface area contributed by atoms with Crippen molar-refractivity contribution in [3.8, 4) is 0 Å². The highest BCUT2D eigenvalue weighted by atomic mass is 16.6. The van der Waals surface area contributed by atoms with Crippen molar-refractivity contribution in [3.63, 3.8) is 0 Å². The van der Waals surface area contributed by atoms with E-state index in [0.29, 0.717) is 43.0 Å². The number of hydrogen-bond donors (Lipinski definition) is 3. The molecular weight excluding hydrogens is 366 g/mol. The molecule has 1 aromatic heterocycles. The fourth-order valence-corrected chi connectivity index (χ4v) is 3.19. The zero-order valence-electron chi connectivity index (χ0n) is 14.7. The van der Waals surface area contributed by atoms with E-state index < -0.39 is 10.8 Å². The number of imidazole rings is 1. The highest BCUT2D eigenvalue weighted by molar-refractivity contribution is 6.07. The number of nitro benzene ring substituents is 1. The number of morpholine rings is 1. The Hall–Kier alpha value is -3.66. The second-order valence-corrected chi connectivity index (χ2v) is 6.36. The summed E-state index contributed by atoms with van der Waals surface area (Å²) in [6, 6.07) is 8.98. The van der Waals surface area contributed by atoms with Gasteiger partial charge in [-0.2, -0.15) is 0 Å². The van der Waals surface area contributed by atoms with E-state index in [1.54, 1.807) is 12.1 Å². The van der Waals surface area contributed by atoms with Crippen LogP contribution < -0.4 is 15.9 Å². The molecule has 0 bridgehead atoms. The number of amides is 1. The molecule has 28 heavy (non-hydrogen) atoms. The highest BCUT2D eigenvalue weighted by Gasteiger charge is 2.19. The number of anilines is 2. The minimum Gasteiger partial charge on any atom is -0.378 e. The Morgan fingerprint density at radius 3 is 2.57 bits per heavy atom. The summed E-state index contributed by atoms with van der Waals surface area (Å²) in [5.74, 6) is -0.476. The van der Waals surface area contributed by atoms with E-state index in [1.165, 1.54) is 24.3 Å². The summed E-state index contributed by atoms with van der Waals surface area (Å²) in [7, 11) is 0. The van der Waals surface area contributed by atoms with Crippen LogP contribution >= 0.6 is 0 Å². The van der Waals surface area contributed by atoms with Crippen molar-refractivity contribution < 1.29 is 14.5 Å². The van der Waals surface area contributed by atoms with E-state index in [2.05, 4.69) is 20.2 Å². The van der Waals surface area contributed by atoms with Gasteiger partial charge in [0.05, 0.1) is 40.5 Å². The van der Waals surface area contributed by atoms with E-state index in [-0.39, 0.29) is 16.9 Å². The lowest BCUT2D eigenvalue weighted by Crippen LogP contribution is -2.36. The fraction of sp³-hybridized carbons (Fsp3) is 0.222. The van der Waals surface area contributed by atoms with Gasteiger partial charge in [-0.1, -0.05) is 6.07 Å². The molecule has 0 radical (unpaired) electrons. The molecule has 0 saturated carbocycles. The number of carbonyl (C=O) groups is 1. The lowest BCUT2D eigenvalue weighted by molar-refractivity contribution is -0.384. The zero-order chi connectivity index (χ0) is 19.7. The van der Waals surface area contributed by atoms with E-state index in [9.17, 15) is 19.7 Å². The SMILES string of the molecule is O=C(Nc1cc2[nH]c(=O)[nH]c2cc1N1CCOCC1)c1cccc([N+](=O)[O-])c1. The van der Waals surface area contributed by atoms with Crippen LogP contribution in [0.4, 0.5) is 17.1 Å². The normalized spacial score (nSPS) is 14.2. The molecule has 1 amide bonds. The number of non-ortho nitro benzene ring substituents is 1. The summed E-state index contributed by atoms with van der Waals surface area (Å²) in [5, 5.41) is 13.8. The smallest absolute Gasteiger partial charge is 0.323 e. The largest absolute Gasteiger partial charge is 0.378 e. The minimum atomic E-state index is -0.549. The fourth-order valence-electron chi connectivity index (χ4n) is 3.19. The third-order valence-corrected chi connectivity index (χ3v) is 4.55. The first-order chi connectivity index (χ1) is 13.5. The number of carbonyl (C=O) groups excluding carboxylic acids is 1. The number of hydrogen-bond acceptors (Lipinski definition) is 6. The first kappa shape index (κ1) is 17.7. The van der Waals surface area contributed by atoms with Crippen LogP contribution in [0.1, 0.15) is 10.4 Å². The first-order valence-corrected chi connectivity index (χ1v) is 8.66. The predicted octanol–water partition coefficient (Wildman–Crippen LogP) is 1.85. The molecule has 2 heterocycles. The number of ether oxygens (including phenoxy) is 1. The van der Waals surface area contributed by atoms with Crippen LogP contribution in [0.15, 0.2) is 41.2 Å². The summed E-state index contributed by atoms with van der Waals surface area (Å²) < 4.78 is 5.38. The lowest BCUT2D eigenvalue weighted by Gasteiger charge is -2.30. The summed E-state index contributed by atoms with van der Waals surface area (Å²) in [6.07, 6.45) is 0. The molecule has 4 rings (SSSR count). The highest BCUT2D eigenvalue weighted by Crippen LogP contribution is 2.31. The van der Waals surface area contributed by atoms with Gasteiger partial charge in [-0.05, 0) is 18.2 Å². The molecule has 10 heteroatoms. The molecule has 0 spiro atoms. The van der Waals surface area contributed by atoms with Crippen molar-refractivity contribution >= 4 is 34.0 Å². The Morgan fingerprint density at radius 1 is 1.14 bits per heavy atom. The van der Waals surface area contributed by atoms with Gasteiger partial charge >= 0.3 is 5.69 Å². The van der Waals surface area contributed by atoms with Crippen LogP contribution in [0.2, 0.25) is 0 Å². The molecule has 1 saturated heterocycles. The molecule has 1 aliphatic heterocycles. The van der Waals surface area contributed by atoms with Gasteiger partial charge in [-0.3, -0.25) is 14.9 Å². The average Bonchev–Trinajstić information content (AvgIpc) is 3.07. The summed E-state index contributed by atoms with van der Waals surface area (Å²) in [5.41, 5.74) is 2.09. The summed E-state index contributed by atoms with van der Waals surface area (Å²) >= 11 is 0. The van der Waals surface area contributed by atoms with Gasteiger partial charge in [-0.15, -0.1) is 0 Å². The van der Waals surface area contributed by atoms with Gasteiger partial charge < -0.3 is 24.9 Å². The molecule has 2 aromatic carbocycles. The molecule has 1 fully saturated rings. The van der Waals surface area contributed by atoms with Gasteiger partial charge in [0.15, 0.2) is 0 Å². The van der Waals surface area contributed by atoms with Gasteiger partial charge in [0.1, 0.15) is 0 Å². The van der Waals surface area contributed by atoms with Crippen molar-refractivity contribution in [1.29, 1.82) is 0 Å². The van der Waals surface area contributed by atoms with Crippen LogP contribution in [0, 0.1) is 10.1 Å². The van der Waals surface area contributed by atoms with Crippen LogP contribution in [-0.2, 0) is 4.74 Å². The topological polar surface area (TPSA) is 133 Å². The summed E-state index contributed by atoms with van der Waals surface area (Å²) in [6.45, 7) is 2.39. The number of fused-ring (bicyclic) bond motifs is 1. The molecule has 3 aromatic rings. The van der Waals surface area contributed by atoms with Crippen molar-refractivity contribution in [2.75, 3.05) is 36.5 Å². The monoisotopic (exact) mass is 383 g/mol. The predicted molar refractivity (Wildman–Crippen MR) is 103 cm³/mol. The zero-order valence-corrected chi connectivity index (χ0v) is 14.7. The Kier molecular flexibility index (Phi) is 4.53. The average molecular weight is 383 g/mol. The Labute approximate surface area is 158 Å². The van der Waals surface area contributed by atoms with Crippen molar-refractivity contribution in [2.24, 2.45) is 0 Å². The second kappa shape index (κ2) is 7.16. The van der Waals surface area contributed by atoms with Crippen molar-refractivity contribution in [3.05, 3.63) is 62.6 Å². The molecule has 10 nitrogen and oxygen atoms in total. The third kappa shape index (κ3) is 3.45. The Morgan fingerprint density at radius 2 is 1.86 bits per heavy atom. The minimum absolute atomic E-state index is 0.161. The van der Waals surface area contributed by atoms with Crippen molar-refractivity contribution in [2.45, 2.75) is 0 Å². The molecule has 0 unspecified atom stereocenters. The number of H-pyrrole nitrogens is 2. The lowest BCUT2D eigenvalue weighted by atomic mass is 10.1. The van der Waals surface area contributed by atoms with Crippen LogP contribution in [0.3, 0.4) is 0 Å². The number of aromatic nitrogens is 2. The number of rotatable bonds is 4. The Balaban J connectivity index is 1.71. The number of aromatic amines is 2. The van der Waals surface area contributed by atoms with E-state index in [4.69, 9.17) is 4.74 Å². The number of benzene rings is 2. The molecule has 3 N–H and O–H groups in total. The molecular formula is C18H17N5O5. The van der Waals surface area contributed by atoms with Crippen LogP contribution in [0.25, 0.3) is 11.0 Å². The molecule has 0 aliphatic carbocycles. The molecule has 144 valence electrons. The Bertz CT molecular complexity index is 1110. The number of nitrogens with one attached hydrogen (secondary N) is 3. The van der Waals surface area contributed by atoms with Gasteiger partial charge in [0.25, 0.3) is 11.6 Å². The maximum absolute atomic E-state index is 12.7. The maximum atomic E-state index is 12.7. The summed E-state index contributed by atoms with van der Waals surface area (Å²) in [4.78, 5) is 42.2. The number of nitrogens with zero attached hydrogens (tertiary/aromatic N) is 2. The van der Waals surface area contributed by atoms with Crippen LogP contribution in [0.5, 0.6) is 0 Å². The molecule has 0 atom stereocenters. The standard InChI is InChI=1S/C18H17N5O5/c24-17(11-2-1-3-12(8-11)23(26)27)19-15-9-13-14(21-18(25)20-13)10-16(15)22-4-6-28-7-5-22/h1-3,8-10H,4-7H2,(H,19,24)(H2,20,21,25). The first-order valence-electron chi connectivity index (χ1n) is 8.66. The number of nitro groups is 1. The second-order valence-electron chi connectivity index (χ2n) is 6.36. The van der Waals surface area contributed by atoms with E-state index in [0.717, 1.165) is 5.69 Å². The van der Waals surface area contributed by atoms with Gasteiger partial charge in [-0.25, -0.2) is 4.79 Å². The maximum Gasteiger partial charge on any atom is 0.323 e. The van der Waals surface area contributed by atoms with Gasteiger partial charge in [0, 0.05) is 30.8 Å². The molecule has 1 aliphatic rings. The van der Waals surface area contributed by atoms with Crippen LogP contribution in [-0.4, -0.2) is 47.1 Å². The van der Waals surface area contributed by atoms with E-state index in [1.807, 2.05) is 0 Å².